The van der Waals surface area contributed by atoms with Gasteiger partial charge in [0.1, 0.15) is 0 Å². The Morgan fingerprint density at radius 1 is 1.11 bits per heavy atom. The molecule has 2 saturated heterocycles. The third-order valence-corrected chi connectivity index (χ3v) is 9.04. The maximum absolute atomic E-state index is 12.5. The van der Waals surface area contributed by atoms with E-state index in [1.54, 1.807) is 0 Å². The van der Waals surface area contributed by atoms with Crippen LogP contribution in [0.4, 0.5) is 5.69 Å². The summed E-state index contributed by atoms with van der Waals surface area (Å²) in [6, 6.07) is 4.89. The number of piperazine rings is 1. The lowest BCUT2D eigenvalue weighted by molar-refractivity contribution is -0.132. The monoisotopic (exact) mass is 504 g/mol. The molecule has 3 aliphatic heterocycles. The van der Waals surface area contributed by atoms with E-state index in [2.05, 4.69) is 59.2 Å². The molecule has 1 amide bonds. The number of rotatable bonds is 6. The van der Waals surface area contributed by atoms with Gasteiger partial charge >= 0.3 is 0 Å². The highest BCUT2D eigenvalue weighted by Gasteiger charge is 2.41. The van der Waals surface area contributed by atoms with Gasteiger partial charge in [0.05, 0.1) is 22.5 Å². The zero-order valence-corrected chi connectivity index (χ0v) is 22.5. The first-order chi connectivity index (χ1) is 18.0. The van der Waals surface area contributed by atoms with E-state index in [0.717, 1.165) is 88.3 Å². The summed E-state index contributed by atoms with van der Waals surface area (Å²) in [6.07, 6.45) is 12.7. The van der Waals surface area contributed by atoms with Crippen LogP contribution in [0.25, 0.3) is 5.52 Å². The van der Waals surface area contributed by atoms with Crippen LogP contribution in [0, 0.1) is 11.8 Å². The van der Waals surface area contributed by atoms with Crippen LogP contribution in [-0.2, 0) is 9.53 Å². The van der Waals surface area contributed by atoms with Crippen molar-refractivity contribution in [3.63, 3.8) is 0 Å². The molecule has 1 atom stereocenters. The maximum atomic E-state index is 12.5. The first kappa shape index (κ1) is 24.6. The summed E-state index contributed by atoms with van der Waals surface area (Å²) >= 11 is 0. The topological polar surface area (TPSA) is 65.7 Å². The van der Waals surface area contributed by atoms with Crippen molar-refractivity contribution in [2.45, 2.75) is 51.2 Å². The Morgan fingerprint density at radius 2 is 1.86 bits per heavy atom. The quantitative estimate of drug-likeness (QED) is 0.604. The normalized spacial score (nSPS) is 24.6. The number of piperidine rings is 1. The highest BCUT2D eigenvalue weighted by Crippen LogP contribution is 2.37. The third-order valence-electron chi connectivity index (χ3n) is 9.04. The molecule has 1 saturated carbocycles. The van der Waals surface area contributed by atoms with Gasteiger partial charge in [0.2, 0.25) is 5.91 Å². The number of ether oxygens (including phenoxy) is 1. The first-order valence-electron chi connectivity index (χ1n) is 14.0. The Hall–Kier alpha value is -2.71. The Balaban J connectivity index is 1.15. The number of hydrogen-bond donors (Lipinski definition) is 0. The Bertz CT molecular complexity index is 1200. The number of allylic oxidation sites excluding steroid dienone is 1. The zero-order chi connectivity index (χ0) is 25.6. The number of carbonyl (C=O) groups is 1. The van der Waals surface area contributed by atoms with Gasteiger partial charge in [-0.3, -0.25) is 9.79 Å². The molecule has 37 heavy (non-hydrogen) atoms. The van der Waals surface area contributed by atoms with E-state index in [9.17, 15) is 4.79 Å². The average Bonchev–Trinajstić information content (AvgIpc) is 3.70. The molecule has 0 radical (unpaired) electrons. The second-order valence-corrected chi connectivity index (χ2v) is 11.5. The lowest BCUT2D eigenvalue weighted by atomic mass is 9.77. The molecule has 0 spiro atoms. The molecular weight excluding hydrogens is 464 g/mol. The van der Waals surface area contributed by atoms with Crippen LogP contribution in [0.15, 0.2) is 41.7 Å². The molecule has 6 rings (SSSR count). The van der Waals surface area contributed by atoms with Crippen molar-refractivity contribution in [3.8, 4) is 0 Å². The number of carbonyl (C=O) groups excluding carboxylic acids is 1. The van der Waals surface area contributed by atoms with Crippen molar-refractivity contribution >= 4 is 22.8 Å². The van der Waals surface area contributed by atoms with Gasteiger partial charge in [0.25, 0.3) is 0 Å². The predicted octanol–water partition coefficient (Wildman–Crippen LogP) is 3.26. The van der Waals surface area contributed by atoms with Crippen LogP contribution in [0.1, 0.15) is 45.1 Å². The number of nitrogens with zero attached hydrogens (tertiary/aromatic N) is 6. The number of likely N-dealkylation sites (tertiary alicyclic amines) is 1. The number of amides is 1. The molecule has 0 bridgehead atoms. The molecule has 1 unspecified atom stereocenters. The minimum absolute atomic E-state index is 0.125. The molecule has 8 heteroatoms. The summed E-state index contributed by atoms with van der Waals surface area (Å²) in [4.78, 5) is 24.5. The maximum Gasteiger partial charge on any atom is 0.225 e. The van der Waals surface area contributed by atoms with Gasteiger partial charge in [0, 0.05) is 88.8 Å². The Labute approximate surface area is 220 Å². The lowest BCUT2D eigenvalue weighted by Gasteiger charge is -2.46. The predicted molar refractivity (Wildman–Crippen MR) is 146 cm³/mol. The van der Waals surface area contributed by atoms with E-state index in [0.29, 0.717) is 23.8 Å². The number of aromatic nitrogens is 2. The molecule has 1 aliphatic carbocycles. The van der Waals surface area contributed by atoms with Gasteiger partial charge in [-0.2, -0.15) is 5.10 Å². The molecule has 3 fully saturated rings. The smallest absolute Gasteiger partial charge is 0.225 e. The van der Waals surface area contributed by atoms with E-state index < -0.39 is 0 Å². The van der Waals surface area contributed by atoms with E-state index >= 15 is 0 Å². The van der Waals surface area contributed by atoms with Gasteiger partial charge in [0.15, 0.2) is 0 Å². The van der Waals surface area contributed by atoms with Crippen molar-refractivity contribution in [1.29, 1.82) is 0 Å². The van der Waals surface area contributed by atoms with E-state index in [1.807, 2.05) is 22.7 Å². The molecule has 0 N–H and O–H groups in total. The number of hydrogen-bond acceptors (Lipinski definition) is 6. The molecule has 198 valence electrons. The summed E-state index contributed by atoms with van der Waals surface area (Å²) in [5.74, 6) is 0.949. The number of anilines is 1. The van der Waals surface area contributed by atoms with Gasteiger partial charge in [-0.15, -0.1) is 0 Å². The summed E-state index contributed by atoms with van der Waals surface area (Å²) < 4.78 is 8.13. The first-order valence-corrected chi connectivity index (χ1v) is 14.0. The van der Waals surface area contributed by atoms with Crippen LogP contribution >= 0.6 is 0 Å². The van der Waals surface area contributed by atoms with Gasteiger partial charge < -0.3 is 19.4 Å². The Morgan fingerprint density at radius 3 is 2.49 bits per heavy atom. The minimum atomic E-state index is -0.125. The summed E-state index contributed by atoms with van der Waals surface area (Å²) in [6.45, 7) is 10.8. The molecule has 8 nitrogen and oxygen atoms in total. The number of fused-ring (bicyclic) bond motifs is 1. The van der Waals surface area contributed by atoms with Crippen molar-refractivity contribution in [1.82, 2.24) is 19.4 Å². The molecule has 4 aliphatic rings. The van der Waals surface area contributed by atoms with Gasteiger partial charge in [-0.25, -0.2) is 4.52 Å². The Kier molecular flexibility index (Phi) is 6.57. The van der Waals surface area contributed by atoms with Gasteiger partial charge in [-0.05, 0) is 57.7 Å². The SMILES string of the molecule is COC1(C2C=CC(c3cc4c(N5CCN(C(=O)C6CC6)CC5)ccnn4c3)=NC2)CCN(C(C)C)CC1. The largest absolute Gasteiger partial charge is 0.377 e. The van der Waals surface area contributed by atoms with Gasteiger partial charge in [-0.1, -0.05) is 6.08 Å². The van der Waals surface area contributed by atoms with E-state index in [-0.39, 0.29) is 5.60 Å². The third kappa shape index (κ3) is 4.70. The van der Waals surface area contributed by atoms with E-state index in [1.165, 1.54) is 5.69 Å². The average molecular weight is 505 g/mol. The second-order valence-electron chi connectivity index (χ2n) is 11.5. The summed E-state index contributed by atoms with van der Waals surface area (Å²) in [7, 11) is 1.87. The minimum Gasteiger partial charge on any atom is -0.377 e. The zero-order valence-electron chi connectivity index (χ0n) is 22.5. The molecule has 2 aromatic heterocycles. The highest BCUT2D eigenvalue weighted by molar-refractivity contribution is 6.10. The van der Waals surface area contributed by atoms with E-state index in [4.69, 9.17) is 9.73 Å². The van der Waals surface area contributed by atoms with Crippen LogP contribution in [0.3, 0.4) is 0 Å². The van der Waals surface area contributed by atoms with Crippen LogP contribution in [-0.4, -0.2) is 95.6 Å². The van der Waals surface area contributed by atoms with Crippen molar-refractivity contribution in [2.75, 3.05) is 57.8 Å². The van der Waals surface area contributed by atoms with Crippen LogP contribution in [0.2, 0.25) is 0 Å². The van der Waals surface area contributed by atoms with Crippen molar-refractivity contribution in [3.05, 3.63) is 42.2 Å². The molecule has 5 heterocycles. The standard InChI is InChI=1S/C29H40N6O2/c1-21(2)32-12-9-29(37-3,10-13-32)24-6-7-25(30-19-24)23-18-27-26(8-11-31-35(27)20-23)33-14-16-34(17-15-33)28(36)22-4-5-22/h6-8,11,18,20-22,24H,4-5,9-10,12-17,19H2,1-3H3. The van der Waals surface area contributed by atoms with Crippen LogP contribution in [0.5, 0.6) is 0 Å². The van der Waals surface area contributed by atoms with Crippen molar-refractivity contribution < 1.29 is 9.53 Å². The van der Waals surface area contributed by atoms with Crippen LogP contribution < -0.4 is 4.90 Å². The fourth-order valence-electron chi connectivity index (χ4n) is 6.36. The molecule has 2 aromatic rings. The molecule has 0 aromatic carbocycles. The highest BCUT2D eigenvalue weighted by atomic mass is 16.5. The molecular formula is C29H40N6O2. The lowest BCUT2D eigenvalue weighted by Crippen LogP contribution is -2.52. The number of dihydropyridines is 1. The summed E-state index contributed by atoms with van der Waals surface area (Å²) in [5, 5.41) is 4.58. The number of methoxy groups -OCH3 is 1. The second kappa shape index (κ2) is 9.87. The summed E-state index contributed by atoms with van der Waals surface area (Å²) in [5.41, 5.74) is 4.25. The van der Waals surface area contributed by atoms with Crippen molar-refractivity contribution in [2.24, 2.45) is 16.8 Å². The fraction of sp³-hybridized carbons (Fsp3) is 0.621. The fourth-order valence-corrected chi connectivity index (χ4v) is 6.36. The number of aliphatic imine (C=N–C) groups is 1.